The molecule has 2 rings (SSSR count). The summed E-state index contributed by atoms with van der Waals surface area (Å²) in [5.41, 5.74) is 1.54. The molecule has 0 bridgehead atoms. The average Bonchev–Trinajstić information content (AvgIpc) is 2.43. The standard InChI is InChI=1S/C14H17BO4/c1-3-10-5-4-6-11-7-12(19-9-18-2)8-13(14(10)11)15(16)17/h4-8,16-17H,3,9H2,1-2H3. The number of methoxy groups -OCH3 is 1. The molecule has 0 aliphatic carbocycles. The van der Waals surface area contributed by atoms with E-state index in [4.69, 9.17) is 9.47 Å². The number of hydrogen-bond donors (Lipinski definition) is 2. The molecule has 0 amide bonds. The van der Waals surface area contributed by atoms with Gasteiger partial charge in [0.25, 0.3) is 0 Å². The van der Waals surface area contributed by atoms with Crippen LogP contribution in [-0.2, 0) is 11.2 Å². The Morgan fingerprint density at radius 3 is 2.63 bits per heavy atom. The van der Waals surface area contributed by atoms with Crippen LogP contribution in [0.5, 0.6) is 5.75 Å². The highest BCUT2D eigenvalue weighted by atomic mass is 16.7. The highest BCUT2D eigenvalue weighted by Crippen LogP contribution is 2.23. The first kappa shape index (κ1) is 13.9. The van der Waals surface area contributed by atoms with Crippen molar-refractivity contribution in [3.63, 3.8) is 0 Å². The SMILES string of the molecule is CCc1cccc2cc(OCOC)cc(B(O)O)c12. The van der Waals surface area contributed by atoms with E-state index < -0.39 is 7.12 Å². The van der Waals surface area contributed by atoms with Crippen LogP contribution in [0.25, 0.3) is 10.8 Å². The Balaban J connectivity index is 2.61. The summed E-state index contributed by atoms with van der Waals surface area (Å²) in [6.45, 7) is 2.16. The van der Waals surface area contributed by atoms with Gasteiger partial charge in [0, 0.05) is 7.11 Å². The molecule has 0 aliphatic heterocycles. The molecule has 0 radical (unpaired) electrons. The molecule has 0 unspecified atom stereocenters. The van der Waals surface area contributed by atoms with Gasteiger partial charge in [-0.3, -0.25) is 0 Å². The van der Waals surface area contributed by atoms with Gasteiger partial charge in [0.05, 0.1) is 0 Å². The molecular formula is C14H17BO4. The second kappa shape index (κ2) is 6.06. The number of rotatable bonds is 5. The zero-order valence-corrected chi connectivity index (χ0v) is 11.1. The van der Waals surface area contributed by atoms with Crippen molar-refractivity contribution in [1.29, 1.82) is 0 Å². The summed E-state index contributed by atoms with van der Waals surface area (Å²) in [6.07, 6.45) is 0.829. The summed E-state index contributed by atoms with van der Waals surface area (Å²) in [4.78, 5) is 0. The molecule has 0 heterocycles. The van der Waals surface area contributed by atoms with Crippen molar-refractivity contribution in [2.75, 3.05) is 13.9 Å². The van der Waals surface area contributed by atoms with E-state index in [0.29, 0.717) is 11.2 Å². The maximum Gasteiger partial charge on any atom is 0.489 e. The van der Waals surface area contributed by atoms with E-state index in [1.54, 1.807) is 6.07 Å². The van der Waals surface area contributed by atoms with E-state index in [9.17, 15) is 10.0 Å². The van der Waals surface area contributed by atoms with Crippen LogP contribution in [0.15, 0.2) is 30.3 Å². The van der Waals surface area contributed by atoms with Crippen molar-refractivity contribution < 1.29 is 19.5 Å². The predicted octanol–water partition coefficient (Wildman–Crippen LogP) is 1.06. The Bertz CT molecular complexity index is 569. The summed E-state index contributed by atoms with van der Waals surface area (Å²) < 4.78 is 10.2. The van der Waals surface area contributed by atoms with Gasteiger partial charge in [-0.25, -0.2) is 0 Å². The van der Waals surface area contributed by atoms with Crippen LogP contribution in [0.2, 0.25) is 0 Å². The molecule has 100 valence electrons. The molecule has 0 fully saturated rings. The minimum atomic E-state index is -1.53. The predicted molar refractivity (Wildman–Crippen MR) is 75.7 cm³/mol. The second-order valence-electron chi connectivity index (χ2n) is 4.31. The summed E-state index contributed by atoms with van der Waals surface area (Å²) in [5, 5.41) is 20.9. The number of hydrogen-bond acceptors (Lipinski definition) is 4. The zero-order chi connectivity index (χ0) is 13.8. The maximum atomic E-state index is 9.56. The van der Waals surface area contributed by atoms with Crippen molar-refractivity contribution in [2.24, 2.45) is 0 Å². The highest BCUT2D eigenvalue weighted by Gasteiger charge is 2.18. The molecule has 2 aromatic rings. The van der Waals surface area contributed by atoms with Gasteiger partial charge >= 0.3 is 7.12 Å². The fourth-order valence-electron chi connectivity index (χ4n) is 2.22. The van der Waals surface area contributed by atoms with Gasteiger partial charge in [0.1, 0.15) is 5.75 Å². The monoisotopic (exact) mass is 260 g/mol. The fraction of sp³-hybridized carbons (Fsp3) is 0.286. The van der Waals surface area contributed by atoms with Crippen LogP contribution < -0.4 is 10.2 Å². The Hall–Kier alpha value is -1.56. The van der Waals surface area contributed by atoms with Crippen LogP contribution in [-0.4, -0.2) is 31.1 Å². The van der Waals surface area contributed by atoms with Gasteiger partial charge in [-0.15, -0.1) is 0 Å². The molecule has 0 aromatic heterocycles. The largest absolute Gasteiger partial charge is 0.489 e. The molecule has 2 aromatic carbocycles. The Morgan fingerprint density at radius 2 is 2.00 bits per heavy atom. The summed E-state index contributed by atoms with van der Waals surface area (Å²) >= 11 is 0. The molecule has 0 aliphatic rings. The van der Waals surface area contributed by atoms with Crippen LogP contribution in [0.1, 0.15) is 12.5 Å². The minimum Gasteiger partial charge on any atom is -0.468 e. The average molecular weight is 260 g/mol. The second-order valence-corrected chi connectivity index (χ2v) is 4.31. The van der Waals surface area contributed by atoms with E-state index in [-0.39, 0.29) is 6.79 Å². The van der Waals surface area contributed by atoms with Gasteiger partial charge in [0.15, 0.2) is 6.79 Å². The molecule has 0 spiro atoms. The van der Waals surface area contributed by atoms with Gasteiger partial charge in [-0.2, -0.15) is 0 Å². The quantitative estimate of drug-likeness (QED) is 0.623. The molecule has 0 saturated heterocycles. The van der Waals surface area contributed by atoms with Crippen LogP contribution in [0.4, 0.5) is 0 Å². The number of aryl methyl sites for hydroxylation is 1. The van der Waals surface area contributed by atoms with Crippen LogP contribution >= 0.6 is 0 Å². The first-order valence-corrected chi connectivity index (χ1v) is 6.20. The van der Waals surface area contributed by atoms with E-state index in [2.05, 4.69) is 0 Å². The lowest BCUT2D eigenvalue weighted by atomic mass is 9.75. The summed E-state index contributed by atoms with van der Waals surface area (Å²) in [7, 11) is 0.0131. The lowest BCUT2D eigenvalue weighted by Gasteiger charge is -2.13. The minimum absolute atomic E-state index is 0.125. The Morgan fingerprint density at radius 1 is 1.21 bits per heavy atom. The van der Waals surface area contributed by atoms with Crippen LogP contribution in [0.3, 0.4) is 0 Å². The topological polar surface area (TPSA) is 58.9 Å². The third-order valence-electron chi connectivity index (χ3n) is 3.07. The maximum absolute atomic E-state index is 9.56. The number of fused-ring (bicyclic) bond motifs is 1. The first-order valence-electron chi connectivity index (χ1n) is 6.20. The smallest absolute Gasteiger partial charge is 0.468 e. The van der Waals surface area contributed by atoms with Crippen molar-refractivity contribution in [3.05, 3.63) is 35.9 Å². The van der Waals surface area contributed by atoms with E-state index >= 15 is 0 Å². The van der Waals surface area contributed by atoms with E-state index in [0.717, 1.165) is 22.8 Å². The number of benzene rings is 2. The Labute approximate surface area is 112 Å². The van der Waals surface area contributed by atoms with Crippen LogP contribution in [0, 0.1) is 0 Å². The molecule has 5 heteroatoms. The molecule has 2 N–H and O–H groups in total. The third-order valence-corrected chi connectivity index (χ3v) is 3.07. The van der Waals surface area contributed by atoms with Gasteiger partial charge in [-0.05, 0) is 40.4 Å². The molecule has 4 nitrogen and oxygen atoms in total. The third kappa shape index (κ3) is 2.89. The molecular weight excluding hydrogens is 243 g/mol. The van der Waals surface area contributed by atoms with E-state index in [1.165, 1.54) is 7.11 Å². The molecule has 19 heavy (non-hydrogen) atoms. The fourth-order valence-corrected chi connectivity index (χ4v) is 2.22. The van der Waals surface area contributed by atoms with Gasteiger partial charge < -0.3 is 19.5 Å². The lowest BCUT2D eigenvalue weighted by molar-refractivity contribution is 0.0513. The number of ether oxygens (including phenoxy) is 2. The summed E-state index contributed by atoms with van der Waals surface area (Å²) in [5.74, 6) is 0.561. The van der Waals surface area contributed by atoms with Gasteiger partial charge in [0.2, 0.25) is 0 Å². The lowest BCUT2D eigenvalue weighted by Crippen LogP contribution is -2.31. The zero-order valence-electron chi connectivity index (χ0n) is 11.1. The first-order chi connectivity index (χ1) is 9.17. The van der Waals surface area contributed by atoms with E-state index in [1.807, 2.05) is 31.2 Å². The van der Waals surface area contributed by atoms with Gasteiger partial charge in [-0.1, -0.05) is 25.1 Å². The molecule has 0 atom stereocenters. The highest BCUT2D eigenvalue weighted by molar-refractivity contribution is 6.62. The Kier molecular flexibility index (Phi) is 4.42. The summed E-state index contributed by atoms with van der Waals surface area (Å²) in [6, 6.07) is 9.39. The van der Waals surface area contributed by atoms with Crippen molar-refractivity contribution >= 4 is 23.4 Å². The van der Waals surface area contributed by atoms with Crippen molar-refractivity contribution in [2.45, 2.75) is 13.3 Å². The van der Waals surface area contributed by atoms with Crippen molar-refractivity contribution in [3.8, 4) is 5.75 Å². The van der Waals surface area contributed by atoms with Crippen molar-refractivity contribution in [1.82, 2.24) is 0 Å². The molecule has 0 saturated carbocycles. The normalized spacial score (nSPS) is 10.7.